The average molecular weight is 436 g/mol. The van der Waals surface area contributed by atoms with Gasteiger partial charge in [0.2, 0.25) is 0 Å². The number of anilines is 1. The molecule has 0 unspecified atom stereocenters. The summed E-state index contributed by atoms with van der Waals surface area (Å²) in [6, 6.07) is 14.5. The quantitative estimate of drug-likeness (QED) is 0.251. The highest BCUT2D eigenvalue weighted by atomic mass is 16.6. The second kappa shape index (κ2) is 10.0. The van der Waals surface area contributed by atoms with E-state index in [9.17, 15) is 19.7 Å². The average Bonchev–Trinajstić information content (AvgIpc) is 3.23. The number of hydrogen-bond acceptors (Lipinski definition) is 7. The highest BCUT2D eigenvalue weighted by Crippen LogP contribution is 2.28. The van der Waals surface area contributed by atoms with Crippen LogP contribution < -0.4 is 15.5 Å². The monoisotopic (exact) mass is 436 g/mol. The second-order valence-corrected chi connectivity index (χ2v) is 6.54. The van der Waals surface area contributed by atoms with Crippen molar-refractivity contribution in [3.63, 3.8) is 0 Å². The van der Waals surface area contributed by atoms with E-state index in [0.717, 1.165) is 0 Å². The minimum atomic E-state index is -0.967. The van der Waals surface area contributed by atoms with E-state index in [-0.39, 0.29) is 5.69 Å². The lowest BCUT2D eigenvalue weighted by atomic mass is 10.1. The smallest absolute Gasteiger partial charge is 0.329 e. The summed E-state index contributed by atoms with van der Waals surface area (Å²) in [5.74, 6) is -0.624. The number of nitrogens with zero attached hydrogens (tertiary/aromatic N) is 2. The van der Waals surface area contributed by atoms with Gasteiger partial charge in [0, 0.05) is 17.7 Å². The predicted octanol–water partition coefficient (Wildman–Crippen LogP) is 3.65. The molecule has 10 heteroatoms. The summed E-state index contributed by atoms with van der Waals surface area (Å²) in [7, 11) is 0. The Labute approximate surface area is 183 Å². The molecule has 2 aromatic carbocycles. The summed E-state index contributed by atoms with van der Waals surface area (Å²) in [4.78, 5) is 34.5. The molecule has 164 valence electrons. The Morgan fingerprint density at radius 2 is 1.94 bits per heavy atom. The number of rotatable bonds is 7. The maximum absolute atomic E-state index is 12.1. The Kier molecular flexibility index (Phi) is 6.96. The van der Waals surface area contributed by atoms with E-state index in [0.29, 0.717) is 40.7 Å². The fraction of sp³-hybridized carbons (Fsp3) is 0.136. The fourth-order valence-electron chi connectivity index (χ4n) is 2.84. The minimum Gasteiger partial charge on any atom is -0.492 e. The van der Waals surface area contributed by atoms with Crippen LogP contribution in [0, 0.1) is 17.0 Å². The summed E-state index contributed by atoms with van der Waals surface area (Å²) in [5, 5.41) is 17.1. The molecule has 3 rings (SSSR count). The summed E-state index contributed by atoms with van der Waals surface area (Å²) >= 11 is 0. The van der Waals surface area contributed by atoms with E-state index in [1.807, 2.05) is 6.92 Å². The zero-order chi connectivity index (χ0) is 23.1. The summed E-state index contributed by atoms with van der Waals surface area (Å²) in [5.41, 5.74) is 3.85. The molecule has 2 N–H and O–H groups in total. The highest BCUT2D eigenvalue weighted by molar-refractivity contribution is 6.39. The summed E-state index contributed by atoms with van der Waals surface area (Å²) < 4.78 is 11.0. The number of nitro benzene ring substituents is 1. The van der Waals surface area contributed by atoms with Crippen molar-refractivity contribution in [2.24, 2.45) is 5.10 Å². The van der Waals surface area contributed by atoms with Gasteiger partial charge in [-0.2, -0.15) is 5.10 Å². The summed E-state index contributed by atoms with van der Waals surface area (Å²) in [6.45, 7) is 3.96. The molecule has 1 aromatic heterocycles. The molecule has 0 aliphatic heterocycles. The number of nitro groups is 1. The van der Waals surface area contributed by atoms with E-state index in [2.05, 4.69) is 15.8 Å². The first-order valence-corrected chi connectivity index (χ1v) is 9.60. The third-order valence-corrected chi connectivity index (χ3v) is 4.31. The maximum Gasteiger partial charge on any atom is 0.329 e. The minimum absolute atomic E-state index is 0.00976. The first kappa shape index (κ1) is 22.2. The molecule has 0 fully saturated rings. The lowest BCUT2D eigenvalue weighted by molar-refractivity contribution is -0.384. The van der Waals surface area contributed by atoms with Crippen molar-refractivity contribution >= 4 is 29.4 Å². The zero-order valence-electron chi connectivity index (χ0n) is 17.3. The third kappa shape index (κ3) is 5.36. The molecular weight excluding hydrogens is 416 g/mol. The fourth-order valence-corrected chi connectivity index (χ4v) is 2.84. The van der Waals surface area contributed by atoms with Crippen LogP contribution in [0.2, 0.25) is 0 Å². The number of hydrogen-bond donors (Lipinski definition) is 2. The largest absolute Gasteiger partial charge is 0.492 e. The second-order valence-electron chi connectivity index (χ2n) is 6.54. The molecular formula is C22H20N4O6. The van der Waals surface area contributed by atoms with Crippen molar-refractivity contribution in [2.45, 2.75) is 13.8 Å². The van der Waals surface area contributed by atoms with Crippen LogP contribution in [0.5, 0.6) is 5.75 Å². The zero-order valence-corrected chi connectivity index (χ0v) is 17.3. The molecule has 0 atom stereocenters. The summed E-state index contributed by atoms with van der Waals surface area (Å²) in [6.07, 6.45) is 1.24. The molecule has 0 spiro atoms. The number of hydrazone groups is 1. The van der Waals surface area contributed by atoms with Gasteiger partial charge in [-0.15, -0.1) is 0 Å². The number of furan rings is 1. The van der Waals surface area contributed by atoms with Crippen LogP contribution in [0.25, 0.3) is 11.3 Å². The van der Waals surface area contributed by atoms with E-state index < -0.39 is 16.7 Å². The van der Waals surface area contributed by atoms with Crippen molar-refractivity contribution in [3.8, 4) is 17.1 Å². The maximum atomic E-state index is 12.1. The predicted molar refractivity (Wildman–Crippen MR) is 118 cm³/mol. The topological polar surface area (TPSA) is 136 Å². The Morgan fingerprint density at radius 3 is 2.66 bits per heavy atom. The van der Waals surface area contributed by atoms with Crippen LogP contribution >= 0.6 is 0 Å². The number of carbonyl (C=O) groups is 2. The van der Waals surface area contributed by atoms with E-state index >= 15 is 0 Å². The SMILES string of the molecule is CCOc1ccccc1NC(=O)C(=O)N/N=C/c1ccc(-c2ccc([N+](=O)[O-])cc2C)o1. The molecule has 0 bridgehead atoms. The normalized spacial score (nSPS) is 10.7. The number of amides is 2. The Balaban J connectivity index is 1.61. The van der Waals surface area contributed by atoms with Gasteiger partial charge in [-0.3, -0.25) is 19.7 Å². The first-order chi connectivity index (χ1) is 15.4. The number of ether oxygens (including phenoxy) is 1. The van der Waals surface area contributed by atoms with Gasteiger partial charge < -0.3 is 14.5 Å². The Bertz CT molecular complexity index is 1180. The van der Waals surface area contributed by atoms with Crippen LogP contribution in [0.3, 0.4) is 0 Å². The number of carbonyl (C=O) groups excluding carboxylic acids is 2. The molecule has 1 heterocycles. The van der Waals surface area contributed by atoms with Crippen LogP contribution in [0.4, 0.5) is 11.4 Å². The Morgan fingerprint density at radius 1 is 1.16 bits per heavy atom. The molecule has 0 aliphatic carbocycles. The van der Waals surface area contributed by atoms with Gasteiger partial charge >= 0.3 is 11.8 Å². The number of benzene rings is 2. The molecule has 0 aliphatic rings. The Hall–Kier alpha value is -4.47. The van der Waals surface area contributed by atoms with Crippen molar-refractivity contribution in [3.05, 3.63) is 76.0 Å². The van der Waals surface area contributed by atoms with Crippen molar-refractivity contribution in [1.29, 1.82) is 0 Å². The van der Waals surface area contributed by atoms with Crippen LogP contribution in [0.15, 0.2) is 64.1 Å². The van der Waals surface area contributed by atoms with Crippen molar-refractivity contribution < 1.29 is 23.7 Å². The number of nitrogens with one attached hydrogen (secondary N) is 2. The van der Waals surface area contributed by atoms with Gasteiger partial charge in [0.1, 0.15) is 17.3 Å². The van der Waals surface area contributed by atoms with Crippen LogP contribution in [-0.2, 0) is 9.59 Å². The van der Waals surface area contributed by atoms with Crippen LogP contribution in [0.1, 0.15) is 18.2 Å². The molecule has 0 radical (unpaired) electrons. The van der Waals surface area contributed by atoms with Gasteiger partial charge in [-0.1, -0.05) is 12.1 Å². The van der Waals surface area contributed by atoms with E-state index in [1.165, 1.54) is 18.3 Å². The number of aryl methyl sites for hydroxylation is 1. The van der Waals surface area contributed by atoms with Gasteiger partial charge in [0.05, 0.1) is 23.4 Å². The number of para-hydroxylation sites is 2. The molecule has 3 aromatic rings. The van der Waals surface area contributed by atoms with Gasteiger partial charge in [0.15, 0.2) is 0 Å². The third-order valence-electron chi connectivity index (χ3n) is 4.31. The molecule has 0 saturated heterocycles. The first-order valence-electron chi connectivity index (χ1n) is 9.60. The lowest BCUT2D eigenvalue weighted by Gasteiger charge is -2.10. The highest BCUT2D eigenvalue weighted by Gasteiger charge is 2.15. The molecule has 2 amide bonds. The van der Waals surface area contributed by atoms with Crippen molar-refractivity contribution in [1.82, 2.24) is 5.43 Å². The number of non-ortho nitro benzene ring substituents is 1. The van der Waals surface area contributed by atoms with Gasteiger partial charge in [-0.25, -0.2) is 5.43 Å². The molecule has 10 nitrogen and oxygen atoms in total. The lowest BCUT2D eigenvalue weighted by Crippen LogP contribution is -2.32. The van der Waals surface area contributed by atoms with Crippen molar-refractivity contribution in [2.75, 3.05) is 11.9 Å². The van der Waals surface area contributed by atoms with Crippen LogP contribution in [-0.4, -0.2) is 29.6 Å². The van der Waals surface area contributed by atoms with Gasteiger partial charge in [0.25, 0.3) is 5.69 Å². The van der Waals surface area contributed by atoms with E-state index in [1.54, 1.807) is 49.4 Å². The van der Waals surface area contributed by atoms with E-state index in [4.69, 9.17) is 9.15 Å². The molecule has 0 saturated carbocycles. The molecule has 32 heavy (non-hydrogen) atoms. The standard InChI is InChI=1S/C22H20N4O6/c1-3-31-20-7-5-4-6-18(20)24-21(27)22(28)25-23-13-16-9-11-19(32-16)17-10-8-15(26(29)30)12-14(17)2/h4-13H,3H2,1-2H3,(H,24,27)(H,25,28)/b23-13+. The van der Waals surface area contributed by atoms with Gasteiger partial charge in [-0.05, 0) is 49.7 Å².